The molecule has 8 heteroatoms. The highest BCUT2D eigenvalue weighted by molar-refractivity contribution is 6.34. The number of anilines is 2. The van der Waals surface area contributed by atoms with Crippen molar-refractivity contribution in [2.45, 2.75) is 12.8 Å². The molecule has 0 aromatic heterocycles. The molecule has 2 aromatic carbocycles. The zero-order valence-electron chi connectivity index (χ0n) is 15.4. The Bertz CT molecular complexity index is 794. The molecule has 0 bridgehead atoms. The topological polar surface area (TPSA) is 87.5 Å². The van der Waals surface area contributed by atoms with Gasteiger partial charge in [-0.25, -0.2) is 0 Å². The minimum absolute atomic E-state index is 0.0639. The molecule has 0 saturated carbocycles. The minimum Gasteiger partial charge on any atom is -0.385 e. The number of hydrogen-bond acceptors (Lipinski definition) is 5. The van der Waals surface area contributed by atoms with Crippen molar-refractivity contribution >= 4 is 34.6 Å². The summed E-state index contributed by atoms with van der Waals surface area (Å²) in [6.45, 7) is 1.94. The van der Waals surface area contributed by atoms with Crippen molar-refractivity contribution < 1.29 is 9.72 Å². The van der Waals surface area contributed by atoms with Crippen molar-refractivity contribution in [2.24, 2.45) is 0 Å². The van der Waals surface area contributed by atoms with Crippen LogP contribution in [0.4, 0.5) is 17.1 Å². The summed E-state index contributed by atoms with van der Waals surface area (Å²) in [5.74, 6) is -0.493. The lowest BCUT2D eigenvalue weighted by Crippen LogP contribution is -2.14. The van der Waals surface area contributed by atoms with Crippen LogP contribution in [0.25, 0.3) is 0 Å². The number of non-ortho nitro benzene ring substituents is 1. The molecule has 2 aromatic rings. The lowest BCUT2D eigenvalue weighted by Gasteiger charge is -2.11. The first-order chi connectivity index (χ1) is 12.9. The Morgan fingerprint density at radius 2 is 1.78 bits per heavy atom. The number of hydrogen-bond donors (Lipinski definition) is 2. The van der Waals surface area contributed by atoms with E-state index in [0.717, 1.165) is 31.6 Å². The second-order valence-corrected chi connectivity index (χ2v) is 6.80. The van der Waals surface area contributed by atoms with Crippen LogP contribution in [0.3, 0.4) is 0 Å². The number of amides is 1. The third kappa shape index (κ3) is 6.54. The first-order valence-corrected chi connectivity index (χ1v) is 8.98. The number of carbonyl (C=O) groups excluding carboxylic acids is 1. The molecular weight excluding hydrogens is 368 g/mol. The van der Waals surface area contributed by atoms with Crippen molar-refractivity contribution in [3.63, 3.8) is 0 Å². The van der Waals surface area contributed by atoms with Gasteiger partial charge >= 0.3 is 0 Å². The monoisotopic (exact) mass is 390 g/mol. The number of carbonyl (C=O) groups is 1. The molecule has 0 heterocycles. The average Bonchev–Trinajstić information content (AvgIpc) is 2.62. The maximum absolute atomic E-state index is 12.4. The van der Waals surface area contributed by atoms with E-state index in [-0.39, 0.29) is 16.3 Å². The molecule has 0 atom stereocenters. The number of nitro benzene ring substituents is 1. The highest BCUT2D eigenvalue weighted by Crippen LogP contribution is 2.23. The Morgan fingerprint density at radius 3 is 2.41 bits per heavy atom. The van der Waals surface area contributed by atoms with Crippen LogP contribution in [-0.4, -0.2) is 42.9 Å². The van der Waals surface area contributed by atoms with Gasteiger partial charge < -0.3 is 15.5 Å². The van der Waals surface area contributed by atoms with E-state index in [9.17, 15) is 14.9 Å². The van der Waals surface area contributed by atoms with Gasteiger partial charge in [-0.1, -0.05) is 11.6 Å². The third-order valence-corrected chi connectivity index (χ3v) is 4.24. The minimum atomic E-state index is -0.563. The second kappa shape index (κ2) is 9.89. The molecule has 0 aliphatic carbocycles. The van der Waals surface area contributed by atoms with E-state index in [2.05, 4.69) is 29.6 Å². The molecule has 7 nitrogen and oxygen atoms in total. The van der Waals surface area contributed by atoms with E-state index in [0.29, 0.717) is 5.69 Å². The lowest BCUT2D eigenvalue weighted by atomic mass is 10.1. The number of unbranched alkanes of at least 4 members (excludes halogenated alkanes) is 1. The van der Waals surface area contributed by atoms with Crippen molar-refractivity contribution in [3.8, 4) is 0 Å². The van der Waals surface area contributed by atoms with Crippen LogP contribution in [0.5, 0.6) is 0 Å². The lowest BCUT2D eigenvalue weighted by molar-refractivity contribution is -0.384. The summed E-state index contributed by atoms with van der Waals surface area (Å²) in [5.41, 5.74) is 1.43. The number of nitrogens with one attached hydrogen (secondary N) is 2. The van der Waals surface area contributed by atoms with Gasteiger partial charge in [0.2, 0.25) is 0 Å². The Labute approximate surface area is 163 Å². The van der Waals surface area contributed by atoms with Gasteiger partial charge in [0, 0.05) is 30.1 Å². The average molecular weight is 391 g/mol. The normalized spacial score (nSPS) is 10.7. The highest BCUT2D eigenvalue weighted by Gasteiger charge is 2.16. The van der Waals surface area contributed by atoms with Gasteiger partial charge in [0.15, 0.2) is 0 Å². The first kappa shape index (κ1) is 20.7. The SMILES string of the molecule is CN(C)CCCCNc1ccc(NC(=O)c2cc([N+](=O)[O-])ccc2Cl)cc1. The summed E-state index contributed by atoms with van der Waals surface area (Å²) in [6.07, 6.45) is 2.19. The quantitative estimate of drug-likeness (QED) is 0.379. The van der Waals surface area contributed by atoms with Crippen LogP contribution in [0.1, 0.15) is 23.2 Å². The second-order valence-electron chi connectivity index (χ2n) is 6.39. The van der Waals surface area contributed by atoms with E-state index >= 15 is 0 Å². The predicted octanol–water partition coefficient (Wildman–Crippen LogP) is 4.25. The molecule has 0 fully saturated rings. The maximum Gasteiger partial charge on any atom is 0.270 e. The van der Waals surface area contributed by atoms with E-state index < -0.39 is 10.8 Å². The Morgan fingerprint density at radius 1 is 1.11 bits per heavy atom. The molecule has 0 radical (unpaired) electrons. The summed E-state index contributed by atoms with van der Waals surface area (Å²) in [4.78, 5) is 24.8. The van der Waals surface area contributed by atoms with E-state index in [1.165, 1.54) is 18.2 Å². The molecule has 27 heavy (non-hydrogen) atoms. The molecule has 2 rings (SSSR count). The van der Waals surface area contributed by atoms with Crippen LogP contribution in [-0.2, 0) is 0 Å². The zero-order chi connectivity index (χ0) is 19.8. The summed E-state index contributed by atoms with van der Waals surface area (Å²) in [7, 11) is 4.11. The Balaban J connectivity index is 1.91. The molecule has 144 valence electrons. The highest BCUT2D eigenvalue weighted by atomic mass is 35.5. The van der Waals surface area contributed by atoms with Gasteiger partial charge in [-0.05, 0) is 63.8 Å². The Hall–Kier alpha value is -2.64. The van der Waals surface area contributed by atoms with Gasteiger partial charge in [0.05, 0.1) is 15.5 Å². The van der Waals surface area contributed by atoms with Crippen molar-refractivity contribution in [3.05, 3.63) is 63.2 Å². The van der Waals surface area contributed by atoms with Crippen molar-refractivity contribution in [2.75, 3.05) is 37.8 Å². The summed E-state index contributed by atoms with van der Waals surface area (Å²) in [6, 6.07) is 11.1. The summed E-state index contributed by atoms with van der Waals surface area (Å²) >= 11 is 5.99. The number of nitrogens with zero attached hydrogens (tertiary/aromatic N) is 2. The summed E-state index contributed by atoms with van der Waals surface area (Å²) in [5, 5.41) is 17.1. The van der Waals surface area contributed by atoms with Crippen molar-refractivity contribution in [1.29, 1.82) is 0 Å². The standard InChI is InChI=1S/C19H23ClN4O3/c1-23(2)12-4-3-11-21-14-5-7-15(8-6-14)22-19(25)17-13-16(24(26)27)9-10-18(17)20/h5-10,13,21H,3-4,11-12H2,1-2H3,(H,22,25). The van der Waals surface area contributed by atoms with Gasteiger partial charge in [-0.15, -0.1) is 0 Å². The van der Waals surface area contributed by atoms with Crippen molar-refractivity contribution in [1.82, 2.24) is 4.90 Å². The molecule has 1 amide bonds. The molecular formula is C19H23ClN4O3. The fourth-order valence-corrected chi connectivity index (χ4v) is 2.66. The number of benzene rings is 2. The molecule has 0 unspecified atom stereocenters. The largest absolute Gasteiger partial charge is 0.385 e. The summed E-state index contributed by atoms with van der Waals surface area (Å²) < 4.78 is 0. The zero-order valence-corrected chi connectivity index (χ0v) is 16.1. The van der Waals surface area contributed by atoms with Gasteiger partial charge in [-0.3, -0.25) is 14.9 Å². The molecule has 0 aliphatic heterocycles. The van der Waals surface area contributed by atoms with E-state index in [4.69, 9.17) is 11.6 Å². The third-order valence-electron chi connectivity index (χ3n) is 3.91. The van der Waals surface area contributed by atoms with Crippen LogP contribution in [0, 0.1) is 10.1 Å². The number of halogens is 1. The van der Waals surface area contributed by atoms with Gasteiger partial charge in [-0.2, -0.15) is 0 Å². The van der Waals surface area contributed by atoms with E-state index in [1.54, 1.807) is 12.1 Å². The van der Waals surface area contributed by atoms with Crippen LogP contribution in [0.2, 0.25) is 5.02 Å². The molecule has 2 N–H and O–H groups in total. The maximum atomic E-state index is 12.4. The van der Waals surface area contributed by atoms with Crippen LogP contribution < -0.4 is 10.6 Å². The van der Waals surface area contributed by atoms with Gasteiger partial charge in [0.25, 0.3) is 11.6 Å². The van der Waals surface area contributed by atoms with E-state index in [1.807, 2.05) is 12.1 Å². The Kier molecular flexibility index (Phi) is 7.57. The van der Waals surface area contributed by atoms with Crippen LogP contribution in [0.15, 0.2) is 42.5 Å². The first-order valence-electron chi connectivity index (χ1n) is 8.61. The van der Waals surface area contributed by atoms with Crippen LogP contribution >= 0.6 is 11.6 Å². The van der Waals surface area contributed by atoms with Gasteiger partial charge in [0.1, 0.15) is 0 Å². The fraction of sp³-hybridized carbons (Fsp3) is 0.316. The number of nitro groups is 1. The molecule has 0 aliphatic rings. The number of rotatable bonds is 9. The smallest absolute Gasteiger partial charge is 0.270 e. The molecule has 0 spiro atoms. The molecule has 0 saturated heterocycles. The fourth-order valence-electron chi connectivity index (χ4n) is 2.46. The predicted molar refractivity (Wildman–Crippen MR) is 109 cm³/mol.